The highest BCUT2D eigenvalue weighted by Crippen LogP contribution is 2.54. The van der Waals surface area contributed by atoms with Crippen LogP contribution in [-0.4, -0.2) is 17.2 Å². The molecule has 3 heteroatoms. The molecular weight excluding hydrogens is 240 g/mol. The number of hydrogen-bond acceptors (Lipinski definition) is 2. The summed E-state index contributed by atoms with van der Waals surface area (Å²) in [6.07, 6.45) is -0.231. The molecule has 1 saturated carbocycles. The van der Waals surface area contributed by atoms with Gasteiger partial charge in [-0.25, -0.2) is 0 Å². The molecule has 1 N–H and O–H groups in total. The summed E-state index contributed by atoms with van der Waals surface area (Å²) in [6.45, 7) is 10.3. The van der Waals surface area contributed by atoms with Gasteiger partial charge in [0.2, 0.25) is 0 Å². The molecule has 3 nitrogen and oxygen atoms in total. The molecule has 0 heterocycles. The molecular formula is C16H22O3. The summed E-state index contributed by atoms with van der Waals surface area (Å²) in [6, 6.07) is 7.93. The first kappa shape index (κ1) is 13.9. The Kier molecular flexibility index (Phi) is 3.12. The number of hydrogen-bond donors (Lipinski definition) is 1. The second-order valence-electron chi connectivity index (χ2n) is 6.95. The summed E-state index contributed by atoms with van der Waals surface area (Å²) in [7, 11) is 0. The fourth-order valence-electron chi connectivity index (χ4n) is 2.44. The summed E-state index contributed by atoms with van der Waals surface area (Å²) in [5.41, 5.74) is 1.07. The molecule has 1 aliphatic rings. The first-order valence-corrected chi connectivity index (χ1v) is 6.64. The maximum atomic E-state index is 11.1. The molecule has 2 atom stereocenters. The topological polar surface area (TPSA) is 46.5 Å². The van der Waals surface area contributed by atoms with Gasteiger partial charge in [-0.2, -0.15) is 0 Å². The van der Waals surface area contributed by atoms with Crippen molar-refractivity contribution in [1.82, 2.24) is 0 Å². The second-order valence-corrected chi connectivity index (χ2v) is 6.95. The van der Waals surface area contributed by atoms with E-state index in [-0.39, 0.29) is 16.9 Å². The molecule has 2 unspecified atom stereocenters. The molecule has 1 aromatic carbocycles. The van der Waals surface area contributed by atoms with Crippen molar-refractivity contribution in [3.05, 3.63) is 29.8 Å². The number of aliphatic carboxylic acids is 1. The van der Waals surface area contributed by atoms with Crippen LogP contribution in [0.4, 0.5) is 0 Å². The molecule has 1 aromatic rings. The van der Waals surface area contributed by atoms with Crippen LogP contribution in [0.15, 0.2) is 24.3 Å². The minimum absolute atomic E-state index is 0.112. The average molecular weight is 262 g/mol. The third-order valence-corrected chi connectivity index (χ3v) is 3.98. The summed E-state index contributed by atoms with van der Waals surface area (Å²) in [5, 5.41) is 9.11. The normalized spacial score (nSPS) is 24.9. The van der Waals surface area contributed by atoms with Crippen LogP contribution >= 0.6 is 0 Å². The van der Waals surface area contributed by atoms with Crippen molar-refractivity contribution in [3.63, 3.8) is 0 Å². The van der Waals surface area contributed by atoms with Crippen molar-refractivity contribution in [2.24, 2.45) is 11.3 Å². The molecule has 0 aliphatic heterocycles. The minimum atomic E-state index is -0.777. The van der Waals surface area contributed by atoms with Gasteiger partial charge < -0.3 is 9.84 Å². The van der Waals surface area contributed by atoms with E-state index < -0.39 is 11.9 Å². The molecule has 1 aliphatic carbocycles. The Bertz CT molecular complexity index is 480. The lowest BCUT2D eigenvalue weighted by Crippen LogP contribution is -2.11. The second kappa shape index (κ2) is 4.26. The summed E-state index contributed by atoms with van der Waals surface area (Å²) in [5.74, 6) is -0.439. The summed E-state index contributed by atoms with van der Waals surface area (Å²) < 4.78 is 5.80. The summed E-state index contributed by atoms with van der Waals surface area (Å²) >= 11 is 0. The molecule has 0 amide bonds. The first-order valence-electron chi connectivity index (χ1n) is 6.64. The van der Waals surface area contributed by atoms with E-state index in [0.717, 1.165) is 5.75 Å². The van der Waals surface area contributed by atoms with E-state index in [0.29, 0.717) is 0 Å². The first-order chi connectivity index (χ1) is 8.64. The van der Waals surface area contributed by atoms with Gasteiger partial charge in [0.25, 0.3) is 0 Å². The molecule has 0 spiro atoms. The largest absolute Gasteiger partial charge is 0.489 e. The highest BCUT2D eigenvalue weighted by atomic mass is 16.5. The lowest BCUT2D eigenvalue weighted by Gasteiger charge is -2.19. The van der Waals surface area contributed by atoms with Gasteiger partial charge in [-0.3, -0.25) is 4.79 Å². The van der Waals surface area contributed by atoms with E-state index in [1.807, 2.05) is 38.1 Å². The lowest BCUT2D eigenvalue weighted by molar-refractivity contribution is -0.139. The van der Waals surface area contributed by atoms with Gasteiger partial charge in [-0.15, -0.1) is 0 Å². The number of rotatable bonds is 3. The van der Waals surface area contributed by atoms with Gasteiger partial charge in [0.1, 0.15) is 17.8 Å². The SMILES string of the molecule is CC(C)(C)c1ccc(OC2C(C(=O)O)C2(C)C)cc1. The molecule has 1 fully saturated rings. The van der Waals surface area contributed by atoms with E-state index in [1.54, 1.807) is 0 Å². The molecule has 19 heavy (non-hydrogen) atoms. The van der Waals surface area contributed by atoms with Gasteiger partial charge in [0.05, 0.1) is 0 Å². The van der Waals surface area contributed by atoms with Crippen LogP contribution in [0, 0.1) is 11.3 Å². The van der Waals surface area contributed by atoms with Crippen molar-refractivity contribution in [1.29, 1.82) is 0 Å². The predicted molar refractivity (Wildman–Crippen MR) is 74.5 cm³/mol. The molecule has 0 bridgehead atoms. The Balaban J connectivity index is 2.08. The van der Waals surface area contributed by atoms with Gasteiger partial charge in [0.15, 0.2) is 0 Å². The predicted octanol–water partition coefficient (Wildman–Crippen LogP) is 3.47. The minimum Gasteiger partial charge on any atom is -0.489 e. The van der Waals surface area contributed by atoms with Crippen molar-refractivity contribution in [2.45, 2.75) is 46.1 Å². The van der Waals surface area contributed by atoms with Crippen LogP contribution in [0.2, 0.25) is 0 Å². The molecule has 0 aromatic heterocycles. The van der Waals surface area contributed by atoms with Gasteiger partial charge in [0, 0.05) is 5.41 Å². The number of benzene rings is 1. The van der Waals surface area contributed by atoms with Gasteiger partial charge >= 0.3 is 5.97 Å². The molecule has 0 saturated heterocycles. The van der Waals surface area contributed by atoms with Crippen LogP contribution in [0.1, 0.15) is 40.2 Å². The van der Waals surface area contributed by atoms with Crippen LogP contribution in [0.25, 0.3) is 0 Å². The van der Waals surface area contributed by atoms with Crippen LogP contribution in [-0.2, 0) is 10.2 Å². The van der Waals surface area contributed by atoms with Crippen molar-refractivity contribution >= 4 is 5.97 Å². The number of carboxylic acids is 1. The zero-order valence-electron chi connectivity index (χ0n) is 12.2. The Morgan fingerprint density at radius 2 is 1.74 bits per heavy atom. The van der Waals surface area contributed by atoms with E-state index in [4.69, 9.17) is 9.84 Å². The number of carboxylic acid groups (broad SMARTS) is 1. The smallest absolute Gasteiger partial charge is 0.310 e. The van der Waals surface area contributed by atoms with E-state index >= 15 is 0 Å². The van der Waals surface area contributed by atoms with Crippen LogP contribution < -0.4 is 4.74 Å². The third kappa shape index (κ3) is 2.60. The maximum absolute atomic E-state index is 11.1. The van der Waals surface area contributed by atoms with E-state index in [1.165, 1.54) is 5.56 Å². The van der Waals surface area contributed by atoms with Crippen LogP contribution in [0.5, 0.6) is 5.75 Å². The van der Waals surface area contributed by atoms with Gasteiger partial charge in [-0.1, -0.05) is 46.8 Å². The Hall–Kier alpha value is -1.51. The van der Waals surface area contributed by atoms with Gasteiger partial charge in [-0.05, 0) is 23.1 Å². The van der Waals surface area contributed by atoms with Crippen molar-refractivity contribution in [2.75, 3.05) is 0 Å². The van der Waals surface area contributed by atoms with E-state index in [9.17, 15) is 4.79 Å². The molecule has 0 radical (unpaired) electrons. The Morgan fingerprint density at radius 3 is 2.11 bits per heavy atom. The zero-order valence-corrected chi connectivity index (χ0v) is 12.2. The van der Waals surface area contributed by atoms with Crippen molar-refractivity contribution < 1.29 is 14.6 Å². The quantitative estimate of drug-likeness (QED) is 0.907. The zero-order chi connectivity index (χ0) is 14.4. The monoisotopic (exact) mass is 262 g/mol. The summed E-state index contributed by atoms with van der Waals surface area (Å²) in [4.78, 5) is 11.1. The fourth-order valence-corrected chi connectivity index (χ4v) is 2.44. The number of carbonyl (C=O) groups is 1. The fraction of sp³-hybridized carbons (Fsp3) is 0.562. The standard InChI is InChI=1S/C16H22O3/c1-15(2,3)10-6-8-11(9-7-10)19-13-12(14(17)18)16(13,4)5/h6-9,12-13H,1-5H3,(H,17,18). The third-order valence-electron chi connectivity index (χ3n) is 3.98. The lowest BCUT2D eigenvalue weighted by atomic mass is 9.87. The highest BCUT2D eigenvalue weighted by Gasteiger charge is 2.64. The van der Waals surface area contributed by atoms with E-state index in [2.05, 4.69) is 20.8 Å². The average Bonchev–Trinajstić information content (AvgIpc) is 2.80. The number of ether oxygens (including phenoxy) is 1. The van der Waals surface area contributed by atoms with Crippen LogP contribution in [0.3, 0.4) is 0 Å². The van der Waals surface area contributed by atoms with Crippen molar-refractivity contribution in [3.8, 4) is 5.75 Å². The molecule has 104 valence electrons. The Labute approximate surface area is 114 Å². The Morgan fingerprint density at radius 1 is 1.21 bits per heavy atom. The molecule has 2 rings (SSSR count). The highest BCUT2D eigenvalue weighted by molar-refractivity contribution is 5.76. The maximum Gasteiger partial charge on any atom is 0.310 e.